The van der Waals surface area contributed by atoms with Crippen molar-refractivity contribution in [1.29, 1.82) is 0 Å². The number of carboxylic acid groups (broad SMARTS) is 2. The third-order valence-corrected chi connectivity index (χ3v) is 4.88. The number of nitrogens with one attached hydrogen (secondary N) is 4. The van der Waals surface area contributed by atoms with Gasteiger partial charge >= 0.3 is 11.9 Å². The van der Waals surface area contributed by atoms with Crippen molar-refractivity contribution in [2.24, 2.45) is 17.4 Å². The van der Waals surface area contributed by atoms with Crippen molar-refractivity contribution in [2.45, 2.75) is 63.7 Å². The van der Waals surface area contributed by atoms with E-state index in [9.17, 15) is 33.9 Å². The van der Waals surface area contributed by atoms with E-state index in [1.807, 2.05) is 0 Å². The Morgan fingerprint density at radius 1 is 1.00 bits per heavy atom. The van der Waals surface area contributed by atoms with E-state index in [0.717, 1.165) is 0 Å². The van der Waals surface area contributed by atoms with Crippen LogP contribution in [-0.2, 0) is 35.2 Å². The number of aliphatic carboxylic acids is 2. The molecule has 35 heavy (non-hydrogen) atoms. The molecule has 4 atom stereocenters. The first kappa shape index (κ1) is 29.0. The molecule has 0 radical (unpaired) electrons. The summed E-state index contributed by atoms with van der Waals surface area (Å²) in [5.74, 6) is -6.54. The Morgan fingerprint density at radius 2 is 1.63 bits per heavy atom. The lowest BCUT2D eigenvalue weighted by Gasteiger charge is -2.26. The van der Waals surface area contributed by atoms with E-state index in [1.165, 1.54) is 12.5 Å². The van der Waals surface area contributed by atoms with Crippen molar-refractivity contribution >= 4 is 35.6 Å². The summed E-state index contributed by atoms with van der Waals surface area (Å²) >= 11 is 0. The van der Waals surface area contributed by atoms with Gasteiger partial charge in [0.2, 0.25) is 23.6 Å². The van der Waals surface area contributed by atoms with Gasteiger partial charge in [0, 0.05) is 24.7 Å². The van der Waals surface area contributed by atoms with Crippen LogP contribution < -0.4 is 27.4 Å². The molecule has 1 aromatic rings. The second-order valence-corrected chi connectivity index (χ2v) is 8.18. The molecule has 0 aliphatic heterocycles. The van der Waals surface area contributed by atoms with E-state index in [2.05, 4.69) is 25.9 Å². The molecule has 4 unspecified atom stereocenters. The van der Waals surface area contributed by atoms with Crippen LogP contribution in [0.1, 0.15) is 38.8 Å². The number of hydrogen-bond acceptors (Lipinski definition) is 8. The lowest BCUT2D eigenvalue weighted by Crippen LogP contribution is -2.59. The molecule has 0 aromatic carbocycles. The normalized spacial score (nSPS) is 14.3. The van der Waals surface area contributed by atoms with E-state index in [4.69, 9.17) is 16.6 Å². The lowest BCUT2D eigenvalue weighted by molar-refractivity contribution is -0.142. The second-order valence-electron chi connectivity index (χ2n) is 8.18. The number of amides is 4. The van der Waals surface area contributed by atoms with Crippen molar-refractivity contribution in [2.75, 3.05) is 0 Å². The number of nitrogens with zero attached hydrogens (tertiary/aromatic N) is 1. The van der Waals surface area contributed by atoms with Crippen molar-refractivity contribution in [1.82, 2.24) is 25.9 Å². The molecule has 1 rings (SSSR count). The summed E-state index contributed by atoms with van der Waals surface area (Å²) < 4.78 is 0. The SMILES string of the molecule is CC(C)C(NC(=O)C(CC(N)=O)NC(=O)C(N)CCC(=O)O)C(=O)NC(Cc1cnc[nH]1)C(=O)O. The maximum Gasteiger partial charge on any atom is 0.326 e. The summed E-state index contributed by atoms with van der Waals surface area (Å²) in [6, 6.07) is -5.31. The molecule has 0 bridgehead atoms. The van der Waals surface area contributed by atoms with Gasteiger partial charge in [-0.05, 0) is 12.3 Å². The third kappa shape index (κ3) is 10.2. The summed E-state index contributed by atoms with van der Waals surface area (Å²) in [5.41, 5.74) is 11.3. The Bertz CT molecular complexity index is 919. The van der Waals surface area contributed by atoms with Crippen LogP contribution in [0.2, 0.25) is 0 Å². The lowest BCUT2D eigenvalue weighted by atomic mass is 10.0. The highest BCUT2D eigenvalue weighted by atomic mass is 16.4. The van der Waals surface area contributed by atoms with Crippen LogP contribution in [0, 0.1) is 5.92 Å². The average Bonchev–Trinajstić information content (AvgIpc) is 3.26. The van der Waals surface area contributed by atoms with Gasteiger partial charge in [0.1, 0.15) is 18.1 Å². The molecule has 0 aliphatic carbocycles. The fourth-order valence-electron chi connectivity index (χ4n) is 2.97. The topological polar surface area (TPSA) is 260 Å². The first-order chi connectivity index (χ1) is 16.3. The van der Waals surface area contributed by atoms with Crippen LogP contribution >= 0.6 is 0 Å². The van der Waals surface area contributed by atoms with Crippen LogP contribution in [-0.4, -0.2) is 79.9 Å². The molecule has 1 aromatic heterocycles. The molecule has 0 fully saturated rings. The highest BCUT2D eigenvalue weighted by Crippen LogP contribution is 2.07. The number of aromatic nitrogens is 2. The van der Waals surface area contributed by atoms with E-state index in [-0.39, 0.29) is 19.3 Å². The van der Waals surface area contributed by atoms with E-state index >= 15 is 0 Å². The molecular weight excluding hydrogens is 466 g/mol. The maximum atomic E-state index is 12.8. The fraction of sp³-hybridized carbons (Fsp3) is 0.550. The molecule has 0 saturated carbocycles. The molecule has 0 saturated heterocycles. The number of imidazole rings is 1. The van der Waals surface area contributed by atoms with Gasteiger partial charge in [-0.25, -0.2) is 9.78 Å². The van der Waals surface area contributed by atoms with Gasteiger partial charge in [0.25, 0.3) is 0 Å². The Hall–Kier alpha value is -4.01. The van der Waals surface area contributed by atoms with Crippen LogP contribution in [0.5, 0.6) is 0 Å². The van der Waals surface area contributed by atoms with Crippen LogP contribution in [0.15, 0.2) is 12.5 Å². The Balaban J connectivity index is 2.92. The maximum absolute atomic E-state index is 12.8. The van der Waals surface area contributed by atoms with Gasteiger partial charge in [0.15, 0.2) is 0 Å². The summed E-state index contributed by atoms with van der Waals surface area (Å²) in [4.78, 5) is 78.1. The number of carboxylic acids is 2. The zero-order chi connectivity index (χ0) is 26.7. The van der Waals surface area contributed by atoms with Gasteiger partial charge in [-0.1, -0.05) is 13.8 Å². The predicted octanol–water partition coefficient (Wildman–Crippen LogP) is -2.79. The largest absolute Gasteiger partial charge is 0.481 e. The van der Waals surface area contributed by atoms with Gasteiger partial charge in [-0.2, -0.15) is 0 Å². The third-order valence-electron chi connectivity index (χ3n) is 4.88. The Morgan fingerprint density at radius 3 is 2.11 bits per heavy atom. The average molecular weight is 498 g/mol. The molecule has 10 N–H and O–H groups in total. The minimum atomic E-state index is -1.50. The quantitative estimate of drug-likeness (QED) is 0.123. The zero-order valence-electron chi connectivity index (χ0n) is 19.3. The molecular formula is C20H31N7O8. The molecule has 194 valence electrons. The first-order valence-corrected chi connectivity index (χ1v) is 10.7. The monoisotopic (exact) mass is 497 g/mol. The van der Waals surface area contributed by atoms with Crippen molar-refractivity contribution in [3.8, 4) is 0 Å². The predicted molar refractivity (Wildman–Crippen MR) is 119 cm³/mol. The number of carbonyl (C=O) groups is 6. The van der Waals surface area contributed by atoms with Crippen molar-refractivity contribution in [3.05, 3.63) is 18.2 Å². The van der Waals surface area contributed by atoms with Gasteiger partial charge in [0.05, 0.1) is 18.8 Å². The van der Waals surface area contributed by atoms with E-state index < -0.39 is 72.1 Å². The molecule has 4 amide bonds. The summed E-state index contributed by atoms with van der Waals surface area (Å²) in [6.45, 7) is 3.19. The second kappa shape index (κ2) is 13.6. The van der Waals surface area contributed by atoms with E-state index in [1.54, 1.807) is 13.8 Å². The fourth-order valence-corrected chi connectivity index (χ4v) is 2.97. The Kier molecular flexibility index (Phi) is 11.3. The smallest absolute Gasteiger partial charge is 0.326 e. The molecule has 15 nitrogen and oxygen atoms in total. The first-order valence-electron chi connectivity index (χ1n) is 10.7. The molecule has 0 aliphatic rings. The molecule has 1 heterocycles. The van der Waals surface area contributed by atoms with Crippen LogP contribution in [0.25, 0.3) is 0 Å². The Labute approximate surface area is 200 Å². The van der Waals surface area contributed by atoms with Crippen molar-refractivity contribution < 1.29 is 39.0 Å². The van der Waals surface area contributed by atoms with Crippen LogP contribution in [0.4, 0.5) is 0 Å². The number of aromatic amines is 1. The highest BCUT2D eigenvalue weighted by Gasteiger charge is 2.32. The molecule has 0 spiro atoms. The molecule has 15 heteroatoms. The van der Waals surface area contributed by atoms with E-state index in [0.29, 0.717) is 5.69 Å². The highest BCUT2D eigenvalue weighted by molar-refractivity contribution is 5.96. The van der Waals surface area contributed by atoms with Crippen molar-refractivity contribution in [3.63, 3.8) is 0 Å². The number of H-pyrrole nitrogens is 1. The zero-order valence-corrected chi connectivity index (χ0v) is 19.3. The summed E-state index contributed by atoms with van der Waals surface area (Å²) in [5, 5.41) is 25.2. The standard InChI is InChI=1S/C20H31N7O8/c1-9(2)16(19(33)26-13(20(34)35)5-10-7-23-8-24-10)27-18(32)12(6-14(22)28)25-17(31)11(21)3-4-15(29)30/h7-9,11-13,16H,3-6,21H2,1-2H3,(H2,22,28)(H,23,24)(H,25,31)(H,26,33)(H,27,32)(H,29,30)(H,34,35). The minimum Gasteiger partial charge on any atom is -0.481 e. The number of nitrogens with two attached hydrogens (primary N) is 2. The van der Waals surface area contributed by atoms with Gasteiger partial charge in [-0.15, -0.1) is 0 Å². The van der Waals surface area contributed by atoms with Crippen LogP contribution in [0.3, 0.4) is 0 Å². The number of rotatable bonds is 15. The summed E-state index contributed by atoms with van der Waals surface area (Å²) in [7, 11) is 0. The van der Waals surface area contributed by atoms with Gasteiger partial charge < -0.3 is 42.6 Å². The minimum absolute atomic E-state index is 0.0889. The summed E-state index contributed by atoms with van der Waals surface area (Å²) in [6.07, 6.45) is 1.45. The van der Waals surface area contributed by atoms with Gasteiger partial charge in [-0.3, -0.25) is 24.0 Å². The number of hydrogen-bond donors (Lipinski definition) is 8. The number of primary amides is 1. The number of carbonyl (C=O) groups excluding carboxylic acids is 4.